The molecule has 1 saturated heterocycles. The van der Waals surface area contributed by atoms with E-state index in [0.717, 1.165) is 25.8 Å². The molecule has 0 aliphatic carbocycles. The number of nitrogens with zero attached hydrogens (tertiary/aromatic N) is 1. The molecule has 0 atom stereocenters. The zero-order valence-corrected chi connectivity index (χ0v) is 16.0. The third-order valence-corrected chi connectivity index (χ3v) is 4.87. The number of amides is 2. The van der Waals surface area contributed by atoms with Crippen molar-refractivity contribution in [2.45, 2.75) is 39.0 Å². The van der Waals surface area contributed by atoms with E-state index in [0.29, 0.717) is 43.0 Å². The Morgan fingerprint density at radius 1 is 1.15 bits per heavy atom. The van der Waals surface area contributed by atoms with Gasteiger partial charge in [-0.2, -0.15) is 0 Å². The minimum atomic E-state index is -0.0810. The first-order chi connectivity index (χ1) is 12.6. The van der Waals surface area contributed by atoms with Crippen molar-refractivity contribution in [3.05, 3.63) is 23.8 Å². The van der Waals surface area contributed by atoms with Crippen LogP contribution >= 0.6 is 0 Å². The van der Waals surface area contributed by atoms with Crippen LogP contribution in [0.4, 0.5) is 0 Å². The predicted molar refractivity (Wildman–Crippen MR) is 101 cm³/mol. The summed E-state index contributed by atoms with van der Waals surface area (Å²) >= 11 is 0. The summed E-state index contributed by atoms with van der Waals surface area (Å²) in [4.78, 5) is 26.9. The van der Waals surface area contributed by atoms with Gasteiger partial charge < -0.3 is 19.7 Å². The molecule has 2 amide bonds. The van der Waals surface area contributed by atoms with Crippen molar-refractivity contribution >= 4 is 11.8 Å². The highest BCUT2D eigenvalue weighted by molar-refractivity contribution is 5.98. The third kappa shape index (κ3) is 4.90. The van der Waals surface area contributed by atoms with Crippen molar-refractivity contribution in [1.82, 2.24) is 10.2 Å². The Balaban J connectivity index is 1.91. The molecule has 144 valence electrons. The molecule has 1 aromatic carbocycles. The molecular weight excluding hydrogens is 332 g/mol. The molecule has 1 aliphatic heterocycles. The van der Waals surface area contributed by atoms with Crippen LogP contribution in [0.2, 0.25) is 0 Å². The van der Waals surface area contributed by atoms with Gasteiger partial charge in [-0.25, -0.2) is 0 Å². The zero-order valence-electron chi connectivity index (χ0n) is 16.0. The van der Waals surface area contributed by atoms with E-state index in [4.69, 9.17) is 9.47 Å². The Bertz CT molecular complexity index is 610. The highest BCUT2D eigenvalue weighted by Gasteiger charge is 2.29. The van der Waals surface area contributed by atoms with Crippen LogP contribution < -0.4 is 14.8 Å². The normalized spacial score (nSPS) is 14.8. The van der Waals surface area contributed by atoms with Crippen molar-refractivity contribution in [3.63, 3.8) is 0 Å². The minimum Gasteiger partial charge on any atom is -0.493 e. The Hall–Kier alpha value is -2.24. The van der Waals surface area contributed by atoms with Crippen LogP contribution in [0.15, 0.2) is 18.2 Å². The predicted octanol–water partition coefficient (Wildman–Crippen LogP) is 2.86. The minimum absolute atomic E-state index is 0.00659. The molecule has 0 radical (unpaired) electrons. The maximum Gasteiger partial charge on any atom is 0.257 e. The number of piperidine rings is 1. The quantitative estimate of drug-likeness (QED) is 0.722. The summed E-state index contributed by atoms with van der Waals surface area (Å²) in [6.07, 6.45) is 4.68. The topological polar surface area (TPSA) is 67.9 Å². The molecule has 2 rings (SSSR count). The molecule has 1 N–H and O–H groups in total. The van der Waals surface area contributed by atoms with Gasteiger partial charge in [-0.1, -0.05) is 25.8 Å². The fourth-order valence-electron chi connectivity index (χ4n) is 3.30. The maximum atomic E-state index is 12.9. The first-order valence-corrected chi connectivity index (χ1v) is 9.40. The van der Waals surface area contributed by atoms with Gasteiger partial charge in [0.05, 0.1) is 19.8 Å². The van der Waals surface area contributed by atoms with E-state index >= 15 is 0 Å². The molecule has 0 bridgehead atoms. The number of ether oxygens (including phenoxy) is 2. The Morgan fingerprint density at radius 2 is 1.88 bits per heavy atom. The van der Waals surface area contributed by atoms with Gasteiger partial charge in [0.25, 0.3) is 5.91 Å². The number of carbonyl (C=O) groups is 2. The SMILES string of the molecule is CCCCCNC(=O)C1CCN(C(=O)c2cccc(OC)c2OC)CC1. The molecule has 1 aliphatic rings. The summed E-state index contributed by atoms with van der Waals surface area (Å²) in [6, 6.07) is 5.30. The second kappa shape index (κ2) is 10.0. The Labute approximate surface area is 155 Å². The molecule has 1 fully saturated rings. The van der Waals surface area contributed by atoms with Crippen molar-refractivity contribution in [2.24, 2.45) is 5.92 Å². The average Bonchev–Trinajstić information content (AvgIpc) is 2.69. The van der Waals surface area contributed by atoms with E-state index in [1.54, 1.807) is 30.2 Å². The molecule has 26 heavy (non-hydrogen) atoms. The number of likely N-dealkylation sites (tertiary alicyclic amines) is 1. The molecule has 0 spiro atoms. The smallest absolute Gasteiger partial charge is 0.257 e. The standard InChI is InChI=1S/C20H30N2O4/c1-4-5-6-12-21-19(23)15-10-13-22(14-11-15)20(24)16-8-7-9-17(25-2)18(16)26-3/h7-9,15H,4-6,10-14H2,1-3H3,(H,21,23). The first kappa shape index (κ1) is 20.1. The van der Waals surface area contributed by atoms with Gasteiger partial charge in [-0.15, -0.1) is 0 Å². The van der Waals surface area contributed by atoms with Crippen molar-refractivity contribution in [2.75, 3.05) is 33.9 Å². The van der Waals surface area contributed by atoms with Crippen LogP contribution in [0.3, 0.4) is 0 Å². The molecule has 0 saturated carbocycles. The number of nitrogens with one attached hydrogen (secondary N) is 1. The third-order valence-electron chi connectivity index (χ3n) is 4.87. The lowest BCUT2D eigenvalue weighted by Crippen LogP contribution is -2.43. The number of rotatable bonds is 8. The molecular formula is C20H30N2O4. The van der Waals surface area contributed by atoms with Gasteiger partial charge in [-0.3, -0.25) is 9.59 Å². The van der Waals surface area contributed by atoms with Crippen LogP contribution in [0.5, 0.6) is 11.5 Å². The van der Waals surface area contributed by atoms with Gasteiger partial charge in [0.15, 0.2) is 11.5 Å². The highest BCUT2D eigenvalue weighted by Crippen LogP contribution is 2.32. The summed E-state index contributed by atoms with van der Waals surface area (Å²) in [5.74, 6) is 1.03. The fraction of sp³-hybridized carbons (Fsp3) is 0.600. The monoisotopic (exact) mass is 362 g/mol. The molecule has 1 aromatic rings. The molecule has 6 heteroatoms. The van der Waals surface area contributed by atoms with Crippen molar-refractivity contribution in [3.8, 4) is 11.5 Å². The molecule has 1 heterocycles. The van der Waals surface area contributed by atoms with E-state index < -0.39 is 0 Å². The van der Waals surface area contributed by atoms with Gasteiger partial charge in [0.2, 0.25) is 5.91 Å². The Morgan fingerprint density at radius 3 is 2.50 bits per heavy atom. The van der Waals surface area contributed by atoms with Crippen molar-refractivity contribution in [1.29, 1.82) is 0 Å². The summed E-state index contributed by atoms with van der Waals surface area (Å²) in [5, 5.41) is 3.02. The van der Waals surface area contributed by atoms with Crippen LogP contribution in [0.1, 0.15) is 49.4 Å². The first-order valence-electron chi connectivity index (χ1n) is 9.40. The van der Waals surface area contributed by atoms with Gasteiger partial charge in [0, 0.05) is 25.6 Å². The van der Waals surface area contributed by atoms with E-state index in [-0.39, 0.29) is 17.7 Å². The number of para-hydroxylation sites is 1. The second-order valence-corrected chi connectivity index (χ2v) is 6.61. The maximum absolute atomic E-state index is 12.9. The lowest BCUT2D eigenvalue weighted by Gasteiger charge is -2.31. The summed E-state index contributed by atoms with van der Waals surface area (Å²) in [7, 11) is 3.08. The van der Waals surface area contributed by atoms with Crippen LogP contribution in [0, 0.1) is 5.92 Å². The van der Waals surface area contributed by atoms with Crippen LogP contribution in [-0.2, 0) is 4.79 Å². The molecule has 6 nitrogen and oxygen atoms in total. The van der Waals surface area contributed by atoms with Gasteiger partial charge in [0.1, 0.15) is 0 Å². The largest absolute Gasteiger partial charge is 0.493 e. The van der Waals surface area contributed by atoms with E-state index in [2.05, 4.69) is 12.2 Å². The van der Waals surface area contributed by atoms with E-state index in [9.17, 15) is 9.59 Å². The van der Waals surface area contributed by atoms with Gasteiger partial charge in [-0.05, 0) is 31.4 Å². The highest BCUT2D eigenvalue weighted by atomic mass is 16.5. The fourth-order valence-corrected chi connectivity index (χ4v) is 3.30. The zero-order chi connectivity index (χ0) is 18.9. The van der Waals surface area contributed by atoms with Crippen LogP contribution in [-0.4, -0.2) is 50.6 Å². The van der Waals surface area contributed by atoms with Crippen LogP contribution in [0.25, 0.3) is 0 Å². The number of carbonyl (C=O) groups excluding carboxylic acids is 2. The van der Waals surface area contributed by atoms with E-state index in [1.165, 1.54) is 7.11 Å². The molecule has 0 aromatic heterocycles. The summed E-state index contributed by atoms with van der Waals surface area (Å²) < 4.78 is 10.6. The number of benzene rings is 1. The number of hydrogen-bond acceptors (Lipinski definition) is 4. The van der Waals surface area contributed by atoms with E-state index in [1.807, 2.05) is 0 Å². The molecule has 0 unspecified atom stereocenters. The second-order valence-electron chi connectivity index (χ2n) is 6.61. The summed E-state index contributed by atoms with van der Waals surface area (Å²) in [6.45, 7) is 4.04. The summed E-state index contributed by atoms with van der Waals surface area (Å²) in [5.41, 5.74) is 0.495. The number of unbranched alkanes of at least 4 members (excludes halogenated alkanes) is 2. The number of hydrogen-bond donors (Lipinski definition) is 1. The number of methoxy groups -OCH3 is 2. The lowest BCUT2D eigenvalue weighted by atomic mass is 9.95. The Kier molecular flexibility index (Phi) is 7.75. The average molecular weight is 362 g/mol. The lowest BCUT2D eigenvalue weighted by molar-refractivity contribution is -0.126. The van der Waals surface area contributed by atoms with Gasteiger partial charge >= 0.3 is 0 Å². The van der Waals surface area contributed by atoms with Crippen molar-refractivity contribution < 1.29 is 19.1 Å².